The Hall–Kier alpha value is -1.61. The second kappa shape index (κ2) is 3.76. The van der Waals surface area contributed by atoms with Crippen molar-refractivity contribution in [3.8, 4) is 0 Å². The first-order valence-corrected chi connectivity index (χ1v) is 6.16. The number of rotatable bonds is 2. The highest BCUT2D eigenvalue weighted by molar-refractivity contribution is 7.09. The van der Waals surface area contributed by atoms with Gasteiger partial charge in [0.1, 0.15) is 5.65 Å². The van der Waals surface area contributed by atoms with Crippen molar-refractivity contribution in [2.75, 3.05) is 0 Å². The molecule has 0 bridgehead atoms. The van der Waals surface area contributed by atoms with Crippen molar-refractivity contribution >= 4 is 17.0 Å². The Kier molecular flexibility index (Phi) is 2.26. The molecular weight excluding hydrogens is 216 g/mol. The van der Waals surface area contributed by atoms with Crippen molar-refractivity contribution in [2.45, 2.75) is 13.3 Å². The van der Waals surface area contributed by atoms with Gasteiger partial charge < -0.3 is 4.40 Å². The van der Waals surface area contributed by atoms with Crippen LogP contribution in [-0.4, -0.2) is 9.38 Å². The fourth-order valence-electron chi connectivity index (χ4n) is 1.88. The van der Waals surface area contributed by atoms with Gasteiger partial charge in [0.05, 0.1) is 5.69 Å². The van der Waals surface area contributed by atoms with Gasteiger partial charge in [0.15, 0.2) is 0 Å². The molecule has 0 fully saturated rings. The summed E-state index contributed by atoms with van der Waals surface area (Å²) in [6, 6.07) is 8.39. The number of hydrogen-bond donors (Lipinski definition) is 0. The van der Waals surface area contributed by atoms with E-state index in [2.05, 4.69) is 52.2 Å². The largest absolute Gasteiger partial charge is 0.307 e. The number of aromatic nitrogens is 2. The lowest BCUT2D eigenvalue weighted by Crippen LogP contribution is -1.84. The van der Waals surface area contributed by atoms with E-state index in [0.717, 1.165) is 17.8 Å². The molecule has 0 amide bonds. The molecule has 0 aliphatic rings. The molecule has 0 unspecified atom stereocenters. The summed E-state index contributed by atoms with van der Waals surface area (Å²) in [5, 5.41) is 2.11. The van der Waals surface area contributed by atoms with Crippen LogP contribution in [0.15, 0.2) is 42.0 Å². The summed E-state index contributed by atoms with van der Waals surface area (Å²) < 4.78 is 2.10. The molecule has 3 heterocycles. The highest BCUT2D eigenvalue weighted by Gasteiger charge is 2.04. The third kappa shape index (κ3) is 1.63. The quantitative estimate of drug-likeness (QED) is 0.658. The van der Waals surface area contributed by atoms with Gasteiger partial charge in [0, 0.05) is 23.7 Å². The minimum absolute atomic E-state index is 0.929. The van der Waals surface area contributed by atoms with E-state index < -0.39 is 0 Å². The molecule has 0 spiro atoms. The molecule has 0 radical (unpaired) electrons. The number of thiophene rings is 1. The Morgan fingerprint density at radius 3 is 3.00 bits per heavy atom. The van der Waals surface area contributed by atoms with Gasteiger partial charge in [-0.15, -0.1) is 11.3 Å². The second-order valence-corrected chi connectivity index (χ2v) is 4.94. The van der Waals surface area contributed by atoms with Crippen LogP contribution in [0.1, 0.15) is 16.1 Å². The predicted octanol–water partition coefficient (Wildman–Crippen LogP) is 3.30. The van der Waals surface area contributed by atoms with Crippen molar-refractivity contribution < 1.29 is 0 Å². The molecular formula is C13H12N2S. The van der Waals surface area contributed by atoms with Crippen LogP contribution in [0.25, 0.3) is 5.65 Å². The van der Waals surface area contributed by atoms with Gasteiger partial charge in [-0.3, -0.25) is 0 Å². The number of aryl methyl sites for hydroxylation is 1. The SMILES string of the molecule is Cc1cccn2cc(Cc3cccs3)nc12. The lowest BCUT2D eigenvalue weighted by atomic mass is 10.3. The molecule has 0 aromatic carbocycles. The smallest absolute Gasteiger partial charge is 0.139 e. The Bertz CT molecular complexity index is 608. The molecule has 0 N–H and O–H groups in total. The Morgan fingerprint density at radius 1 is 1.31 bits per heavy atom. The number of imidazole rings is 1. The van der Waals surface area contributed by atoms with E-state index in [9.17, 15) is 0 Å². The van der Waals surface area contributed by atoms with Crippen LogP contribution >= 0.6 is 11.3 Å². The van der Waals surface area contributed by atoms with Crippen molar-refractivity contribution in [3.05, 3.63) is 58.2 Å². The zero-order chi connectivity index (χ0) is 11.0. The van der Waals surface area contributed by atoms with E-state index in [1.54, 1.807) is 11.3 Å². The van der Waals surface area contributed by atoms with E-state index in [1.807, 2.05) is 6.20 Å². The third-order valence-electron chi connectivity index (χ3n) is 2.66. The second-order valence-electron chi connectivity index (χ2n) is 3.91. The standard InChI is InChI=1S/C13H12N2S/c1-10-4-2-6-15-9-11(14-13(10)15)8-12-5-3-7-16-12/h2-7,9H,8H2,1H3. The van der Waals surface area contributed by atoms with Gasteiger partial charge >= 0.3 is 0 Å². The van der Waals surface area contributed by atoms with Crippen LogP contribution < -0.4 is 0 Å². The predicted molar refractivity (Wildman–Crippen MR) is 67.1 cm³/mol. The highest BCUT2D eigenvalue weighted by Crippen LogP contribution is 2.16. The van der Waals surface area contributed by atoms with Gasteiger partial charge in [-0.05, 0) is 30.0 Å². The average Bonchev–Trinajstić information content (AvgIpc) is 2.88. The van der Waals surface area contributed by atoms with Crippen molar-refractivity contribution in [1.29, 1.82) is 0 Å². The summed E-state index contributed by atoms with van der Waals surface area (Å²) in [6.07, 6.45) is 5.09. The van der Waals surface area contributed by atoms with Crippen molar-refractivity contribution in [1.82, 2.24) is 9.38 Å². The number of hydrogen-bond acceptors (Lipinski definition) is 2. The highest BCUT2D eigenvalue weighted by atomic mass is 32.1. The van der Waals surface area contributed by atoms with Crippen LogP contribution in [0.5, 0.6) is 0 Å². The minimum atomic E-state index is 0.929. The maximum Gasteiger partial charge on any atom is 0.139 e. The first kappa shape index (κ1) is 9.60. The average molecular weight is 228 g/mol. The molecule has 2 nitrogen and oxygen atoms in total. The molecule has 3 aromatic rings. The lowest BCUT2D eigenvalue weighted by molar-refractivity contribution is 1.14. The van der Waals surface area contributed by atoms with Gasteiger partial charge in [-0.25, -0.2) is 4.98 Å². The van der Waals surface area contributed by atoms with Crippen LogP contribution in [-0.2, 0) is 6.42 Å². The molecule has 80 valence electrons. The van der Waals surface area contributed by atoms with E-state index in [0.29, 0.717) is 0 Å². The normalized spacial score (nSPS) is 11.1. The number of fused-ring (bicyclic) bond motifs is 1. The summed E-state index contributed by atoms with van der Waals surface area (Å²) in [4.78, 5) is 6.02. The number of pyridine rings is 1. The Balaban J connectivity index is 2.02. The molecule has 16 heavy (non-hydrogen) atoms. The van der Waals surface area contributed by atoms with E-state index in [4.69, 9.17) is 0 Å². The fourth-order valence-corrected chi connectivity index (χ4v) is 2.60. The van der Waals surface area contributed by atoms with E-state index in [-0.39, 0.29) is 0 Å². The van der Waals surface area contributed by atoms with Crippen LogP contribution in [0.2, 0.25) is 0 Å². The van der Waals surface area contributed by atoms with Gasteiger partial charge in [-0.1, -0.05) is 12.1 Å². The molecule has 0 saturated heterocycles. The van der Waals surface area contributed by atoms with Crippen molar-refractivity contribution in [3.63, 3.8) is 0 Å². The number of nitrogens with zero attached hydrogens (tertiary/aromatic N) is 2. The zero-order valence-electron chi connectivity index (χ0n) is 9.05. The lowest BCUT2D eigenvalue weighted by Gasteiger charge is -1.94. The molecule has 0 saturated carbocycles. The third-order valence-corrected chi connectivity index (χ3v) is 3.54. The summed E-state index contributed by atoms with van der Waals surface area (Å²) in [6.45, 7) is 2.09. The molecule has 3 rings (SSSR count). The maximum absolute atomic E-state index is 4.66. The molecule has 0 aliphatic heterocycles. The first-order chi connectivity index (χ1) is 7.83. The van der Waals surface area contributed by atoms with Crippen molar-refractivity contribution in [2.24, 2.45) is 0 Å². The molecule has 3 aromatic heterocycles. The minimum Gasteiger partial charge on any atom is -0.307 e. The fraction of sp³-hybridized carbons (Fsp3) is 0.154. The van der Waals surface area contributed by atoms with Crippen LogP contribution in [0.3, 0.4) is 0 Å². The summed E-state index contributed by atoms with van der Waals surface area (Å²) in [5.74, 6) is 0. The Labute approximate surface area is 98.2 Å². The first-order valence-electron chi connectivity index (χ1n) is 5.28. The summed E-state index contributed by atoms with van der Waals surface area (Å²) in [7, 11) is 0. The Morgan fingerprint density at radius 2 is 2.25 bits per heavy atom. The van der Waals surface area contributed by atoms with Crippen LogP contribution in [0.4, 0.5) is 0 Å². The van der Waals surface area contributed by atoms with E-state index in [1.165, 1.54) is 10.4 Å². The van der Waals surface area contributed by atoms with Gasteiger partial charge in [0.25, 0.3) is 0 Å². The molecule has 0 aliphatic carbocycles. The summed E-state index contributed by atoms with van der Waals surface area (Å²) in [5.41, 5.74) is 3.42. The molecule has 0 atom stereocenters. The van der Waals surface area contributed by atoms with E-state index >= 15 is 0 Å². The molecule has 3 heteroatoms. The van der Waals surface area contributed by atoms with Gasteiger partial charge in [-0.2, -0.15) is 0 Å². The van der Waals surface area contributed by atoms with Gasteiger partial charge in [0.2, 0.25) is 0 Å². The summed E-state index contributed by atoms with van der Waals surface area (Å²) >= 11 is 1.78. The maximum atomic E-state index is 4.66. The zero-order valence-corrected chi connectivity index (χ0v) is 9.87. The monoisotopic (exact) mass is 228 g/mol. The van der Waals surface area contributed by atoms with Crippen LogP contribution in [0, 0.1) is 6.92 Å². The topological polar surface area (TPSA) is 17.3 Å².